The fourth-order valence-corrected chi connectivity index (χ4v) is 2.62. The molecule has 1 amide bonds. The van der Waals surface area contributed by atoms with Crippen LogP contribution in [0.4, 0.5) is 5.69 Å². The largest absolute Gasteiger partial charge is 0.492 e. The van der Waals surface area contributed by atoms with Crippen LogP contribution in [0.25, 0.3) is 0 Å². The number of amides is 1. The molecule has 1 aliphatic heterocycles. The average molecular weight is 275 g/mol. The molecule has 1 saturated heterocycles. The van der Waals surface area contributed by atoms with Gasteiger partial charge in [0, 0.05) is 13.0 Å². The van der Waals surface area contributed by atoms with Gasteiger partial charge in [-0.25, -0.2) is 0 Å². The van der Waals surface area contributed by atoms with E-state index in [4.69, 9.17) is 4.74 Å². The summed E-state index contributed by atoms with van der Waals surface area (Å²) in [6, 6.07) is 7.51. The van der Waals surface area contributed by atoms with E-state index in [2.05, 4.69) is 0 Å². The lowest BCUT2D eigenvalue weighted by atomic mass is 9.91. The van der Waals surface area contributed by atoms with Gasteiger partial charge in [-0.05, 0) is 31.9 Å². The van der Waals surface area contributed by atoms with Gasteiger partial charge in [0.05, 0.1) is 18.2 Å². The summed E-state index contributed by atoms with van der Waals surface area (Å²) in [4.78, 5) is 26.1. The van der Waals surface area contributed by atoms with Crippen LogP contribution in [0, 0.1) is 5.92 Å². The van der Waals surface area contributed by atoms with Crippen LogP contribution in [0.3, 0.4) is 0 Å². The zero-order chi connectivity index (χ0) is 14.5. The van der Waals surface area contributed by atoms with Gasteiger partial charge in [0.1, 0.15) is 11.5 Å². The van der Waals surface area contributed by atoms with E-state index in [1.54, 1.807) is 4.90 Å². The molecule has 108 valence electrons. The predicted octanol–water partition coefficient (Wildman–Crippen LogP) is 2.81. The molecule has 0 saturated carbocycles. The van der Waals surface area contributed by atoms with Gasteiger partial charge in [0.25, 0.3) is 0 Å². The van der Waals surface area contributed by atoms with Gasteiger partial charge >= 0.3 is 0 Å². The van der Waals surface area contributed by atoms with Crippen LogP contribution < -0.4 is 9.64 Å². The average Bonchev–Trinajstić information content (AvgIpc) is 2.48. The summed E-state index contributed by atoms with van der Waals surface area (Å²) in [5.41, 5.74) is 0.771. The maximum absolute atomic E-state index is 12.5. The van der Waals surface area contributed by atoms with Crippen molar-refractivity contribution in [1.29, 1.82) is 0 Å². The molecule has 0 spiro atoms. The van der Waals surface area contributed by atoms with Crippen molar-refractivity contribution in [3.63, 3.8) is 0 Å². The third-order valence-corrected chi connectivity index (χ3v) is 3.63. The van der Waals surface area contributed by atoms with Crippen molar-refractivity contribution in [2.24, 2.45) is 5.92 Å². The number of ether oxygens (including phenoxy) is 1. The summed E-state index contributed by atoms with van der Waals surface area (Å²) in [5, 5.41) is 0. The molecule has 1 heterocycles. The van der Waals surface area contributed by atoms with Crippen molar-refractivity contribution >= 4 is 17.4 Å². The fraction of sp³-hybridized carbons (Fsp3) is 0.500. The first-order valence-electron chi connectivity index (χ1n) is 7.25. The van der Waals surface area contributed by atoms with Crippen molar-refractivity contribution in [2.75, 3.05) is 18.1 Å². The number of hydrogen-bond donors (Lipinski definition) is 0. The number of anilines is 1. The Labute approximate surface area is 119 Å². The van der Waals surface area contributed by atoms with Crippen LogP contribution in [0.2, 0.25) is 0 Å². The van der Waals surface area contributed by atoms with Crippen LogP contribution in [0.15, 0.2) is 24.3 Å². The van der Waals surface area contributed by atoms with Gasteiger partial charge in [-0.2, -0.15) is 0 Å². The Morgan fingerprint density at radius 3 is 2.80 bits per heavy atom. The molecule has 20 heavy (non-hydrogen) atoms. The Hall–Kier alpha value is -1.84. The van der Waals surface area contributed by atoms with Crippen LogP contribution in [0.1, 0.15) is 33.1 Å². The second-order valence-corrected chi connectivity index (χ2v) is 4.91. The summed E-state index contributed by atoms with van der Waals surface area (Å²) < 4.78 is 5.58. The van der Waals surface area contributed by atoms with Gasteiger partial charge in [-0.15, -0.1) is 0 Å². The zero-order valence-electron chi connectivity index (χ0n) is 12.1. The first-order chi connectivity index (χ1) is 9.69. The topological polar surface area (TPSA) is 46.6 Å². The highest BCUT2D eigenvalue weighted by molar-refractivity contribution is 6.09. The summed E-state index contributed by atoms with van der Waals surface area (Å²) >= 11 is 0. The molecule has 0 bridgehead atoms. The van der Waals surface area contributed by atoms with E-state index in [9.17, 15) is 9.59 Å². The van der Waals surface area contributed by atoms with Crippen molar-refractivity contribution in [2.45, 2.75) is 33.1 Å². The van der Waals surface area contributed by atoms with E-state index >= 15 is 0 Å². The Kier molecular flexibility index (Phi) is 4.77. The molecular weight excluding hydrogens is 254 g/mol. The van der Waals surface area contributed by atoms with Crippen LogP contribution in [-0.2, 0) is 9.59 Å². The lowest BCUT2D eigenvalue weighted by Gasteiger charge is -2.32. The van der Waals surface area contributed by atoms with Gasteiger partial charge < -0.3 is 9.64 Å². The molecule has 4 nitrogen and oxygen atoms in total. The molecule has 0 unspecified atom stereocenters. The first kappa shape index (κ1) is 14.6. The molecule has 0 N–H and O–H groups in total. The second-order valence-electron chi connectivity index (χ2n) is 4.91. The molecule has 0 aromatic heterocycles. The van der Waals surface area contributed by atoms with Gasteiger partial charge in [0.2, 0.25) is 5.91 Å². The minimum atomic E-state index is -0.483. The van der Waals surface area contributed by atoms with Crippen molar-refractivity contribution in [3.8, 4) is 5.75 Å². The molecule has 0 aliphatic carbocycles. The molecule has 1 aromatic rings. The third-order valence-electron chi connectivity index (χ3n) is 3.63. The summed E-state index contributed by atoms with van der Waals surface area (Å²) in [5.74, 6) is 0.167. The highest BCUT2D eigenvalue weighted by Gasteiger charge is 2.34. The molecular formula is C16H21NO3. The minimum Gasteiger partial charge on any atom is -0.492 e. The molecule has 1 fully saturated rings. The summed E-state index contributed by atoms with van der Waals surface area (Å²) in [6.45, 7) is 4.92. The fourth-order valence-electron chi connectivity index (χ4n) is 2.62. The second kappa shape index (κ2) is 6.55. The van der Waals surface area contributed by atoms with E-state index < -0.39 is 5.92 Å². The van der Waals surface area contributed by atoms with Gasteiger partial charge in [0.15, 0.2) is 0 Å². The SMILES string of the molecule is CCOc1ccccc1N1CCC[C@@H](C(=O)CC)C1=O. The molecule has 1 aromatic carbocycles. The molecule has 4 heteroatoms. The normalized spacial score (nSPS) is 19.0. The van der Waals surface area contributed by atoms with E-state index in [1.165, 1.54) is 0 Å². The van der Waals surface area contributed by atoms with Crippen LogP contribution in [-0.4, -0.2) is 24.8 Å². The van der Waals surface area contributed by atoms with Gasteiger partial charge in [-0.3, -0.25) is 9.59 Å². The Morgan fingerprint density at radius 2 is 2.10 bits per heavy atom. The monoisotopic (exact) mass is 275 g/mol. The number of nitrogens with zero attached hydrogens (tertiary/aromatic N) is 1. The van der Waals surface area contributed by atoms with Crippen LogP contribution in [0.5, 0.6) is 5.75 Å². The smallest absolute Gasteiger partial charge is 0.237 e. The van der Waals surface area contributed by atoms with Crippen molar-refractivity contribution in [1.82, 2.24) is 0 Å². The first-order valence-corrected chi connectivity index (χ1v) is 7.25. The number of benzene rings is 1. The highest BCUT2D eigenvalue weighted by Crippen LogP contribution is 2.32. The Balaban J connectivity index is 2.28. The van der Waals surface area contributed by atoms with E-state index in [-0.39, 0.29) is 11.7 Å². The lowest BCUT2D eigenvalue weighted by molar-refractivity contribution is -0.133. The number of rotatable bonds is 5. The minimum absolute atomic E-state index is 0.0357. The zero-order valence-corrected chi connectivity index (χ0v) is 12.1. The Bertz CT molecular complexity index is 498. The molecule has 2 rings (SSSR count). The Morgan fingerprint density at radius 1 is 1.35 bits per heavy atom. The van der Waals surface area contributed by atoms with Crippen LogP contribution >= 0.6 is 0 Å². The van der Waals surface area contributed by atoms with E-state index in [0.717, 1.165) is 12.1 Å². The number of piperidine rings is 1. The molecule has 1 atom stereocenters. The standard InChI is InChI=1S/C16H21NO3/c1-3-14(18)12-8-7-11-17(16(12)19)13-9-5-6-10-15(13)20-4-2/h5-6,9-10,12H,3-4,7-8,11H2,1-2H3/t12-/m0/s1. The summed E-state index contributed by atoms with van der Waals surface area (Å²) in [6.07, 6.45) is 1.93. The number of ketones is 1. The lowest BCUT2D eigenvalue weighted by Crippen LogP contribution is -2.44. The third kappa shape index (κ3) is 2.84. The number of hydrogen-bond acceptors (Lipinski definition) is 3. The van der Waals surface area contributed by atoms with E-state index in [0.29, 0.717) is 31.7 Å². The number of para-hydroxylation sites is 2. The van der Waals surface area contributed by atoms with Crippen molar-refractivity contribution < 1.29 is 14.3 Å². The highest BCUT2D eigenvalue weighted by atomic mass is 16.5. The van der Waals surface area contributed by atoms with E-state index in [1.807, 2.05) is 38.1 Å². The number of Topliss-reactive ketones (excluding diaryl/α,β-unsaturated/α-hetero) is 1. The quantitative estimate of drug-likeness (QED) is 0.776. The maximum Gasteiger partial charge on any atom is 0.237 e. The summed E-state index contributed by atoms with van der Waals surface area (Å²) in [7, 11) is 0. The van der Waals surface area contributed by atoms with Crippen molar-refractivity contribution in [3.05, 3.63) is 24.3 Å². The molecule has 1 aliphatic rings. The van der Waals surface area contributed by atoms with Gasteiger partial charge in [-0.1, -0.05) is 19.1 Å². The number of carbonyl (C=O) groups is 2. The predicted molar refractivity (Wildman–Crippen MR) is 78.0 cm³/mol. The number of carbonyl (C=O) groups excluding carboxylic acids is 2. The maximum atomic E-state index is 12.5. The molecule has 0 radical (unpaired) electrons.